The number of carbonyl (C=O) groups is 1. The van der Waals surface area contributed by atoms with Crippen molar-refractivity contribution in [2.24, 2.45) is 5.10 Å². The van der Waals surface area contributed by atoms with Gasteiger partial charge < -0.3 is 4.74 Å². The summed E-state index contributed by atoms with van der Waals surface area (Å²) in [5.74, 6) is 0.823. The summed E-state index contributed by atoms with van der Waals surface area (Å²) in [6, 6.07) is 3.57. The predicted molar refractivity (Wildman–Crippen MR) is 91.3 cm³/mol. The highest BCUT2D eigenvalue weighted by atomic mass is 16.5. The van der Waals surface area contributed by atoms with Crippen LogP contribution in [0.4, 0.5) is 5.82 Å². The van der Waals surface area contributed by atoms with Crippen LogP contribution in [0.25, 0.3) is 5.82 Å². The first-order chi connectivity index (χ1) is 11.4. The Bertz CT molecular complexity index is 749. The van der Waals surface area contributed by atoms with E-state index in [9.17, 15) is 4.79 Å². The van der Waals surface area contributed by atoms with Crippen LogP contribution in [0.5, 0.6) is 0 Å². The lowest BCUT2D eigenvalue weighted by Gasteiger charge is -2.05. The molecule has 8 nitrogen and oxygen atoms in total. The smallest absolute Gasteiger partial charge is 0.311 e. The van der Waals surface area contributed by atoms with Gasteiger partial charge in [0.25, 0.3) is 0 Å². The molecule has 128 valence electrons. The summed E-state index contributed by atoms with van der Waals surface area (Å²) < 4.78 is 6.63. The molecule has 0 radical (unpaired) electrons. The molecule has 0 bridgehead atoms. The van der Waals surface area contributed by atoms with Crippen molar-refractivity contribution in [1.82, 2.24) is 20.0 Å². The summed E-state index contributed by atoms with van der Waals surface area (Å²) in [4.78, 5) is 11.4. The average molecular weight is 330 g/mol. The Morgan fingerprint density at radius 2 is 2.04 bits per heavy atom. The van der Waals surface area contributed by atoms with E-state index in [1.165, 1.54) is 0 Å². The molecule has 0 atom stereocenters. The number of hydrogen-bond acceptors (Lipinski definition) is 7. The third-order valence-electron chi connectivity index (χ3n) is 3.59. The van der Waals surface area contributed by atoms with E-state index in [4.69, 9.17) is 4.74 Å². The molecule has 8 heteroatoms. The molecule has 0 aliphatic heterocycles. The maximum absolute atomic E-state index is 11.4. The first-order valence-corrected chi connectivity index (χ1v) is 7.74. The number of nitrogens with one attached hydrogen (secondary N) is 1. The van der Waals surface area contributed by atoms with E-state index in [-0.39, 0.29) is 12.4 Å². The Kier molecular flexibility index (Phi) is 5.62. The lowest BCUT2D eigenvalue weighted by molar-refractivity contribution is -0.141. The highest BCUT2D eigenvalue weighted by Crippen LogP contribution is 2.15. The number of aromatic nitrogens is 4. The van der Waals surface area contributed by atoms with Crippen LogP contribution in [-0.2, 0) is 9.53 Å². The van der Waals surface area contributed by atoms with Gasteiger partial charge in [-0.2, -0.15) is 10.2 Å². The zero-order valence-corrected chi connectivity index (χ0v) is 14.6. The number of esters is 1. The van der Waals surface area contributed by atoms with E-state index in [1.807, 2.05) is 26.8 Å². The summed E-state index contributed by atoms with van der Waals surface area (Å²) in [6.45, 7) is 9.85. The van der Waals surface area contributed by atoms with Crippen molar-refractivity contribution in [2.75, 3.05) is 12.0 Å². The van der Waals surface area contributed by atoms with Crippen molar-refractivity contribution in [3.05, 3.63) is 29.1 Å². The van der Waals surface area contributed by atoms with E-state index in [0.29, 0.717) is 24.0 Å². The molecule has 0 aromatic carbocycles. The summed E-state index contributed by atoms with van der Waals surface area (Å²) in [5.41, 5.74) is 6.52. The topological polar surface area (TPSA) is 94.3 Å². The van der Waals surface area contributed by atoms with Gasteiger partial charge in [-0.1, -0.05) is 0 Å². The van der Waals surface area contributed by atoms with Gasteiger partial charge in [-0.05, 0) is 52.3 Å². The maximum atomic E-state index is 11.4. The summed E-state index contributed by atoms with van der Waals surface area (Å²) in [6.07, 6.45) is 0.136. The third kappa shape index (κ3) is 4.15. The largest absolute Gasteiger partial charge is 0.466 e. The number of rotatable bonds is 6. The number of hydrazone groups is 1. The van der Waals surface area contributed by atoms with Crippen molar-refractivity contribution in [2.45, 2.75) is 41.0 Å². The van der Waals surface area contributed by atoms with E-state index in [1.54, 1.807) is 24.6 Å². The average Bonchev–Trinajstić information content (AvgIpc) is 2.81. The minimum atomic E-state index is -0.304. The molecule has 1 N–H and O–H groups in total. The van der Waals surface area contributed by atoms with Gasteiger partial charge in [-0.15, -0.1) is 10.2 Å². The van der Waals surface area contributed by atoms with Gasteiger partial charge in [0.05, 0.1) is 18.7 Å². The molecule has 0 aliphatic carbocycles. The third-order valence-corrected chi connectivity index (χ3v) is 3.59. The first kappa shape index (κ1) is 17.6. The van der Waals surface area contributed by atoms with E-state index >= 15 is 0 Å². The molecule has 0 aliphatic rings. The Morgan fingerprint density at radius 3 is 2.58 bits per heavy atom. The fourth-order valence-electron chi connectivity index (χ4n) is 2.05. The molecule has 0 saturated heterocycles. The molecule has 0 amide bonds. The van der Waals surface area contributed by atoms with Gasteiger partial charge in [-0.3, -0.25) is 10.2 Å². The number of nitrogens with zero attached hydrogens (tertiary/aromatic N) is 5. The minimum Gasteiger partial charge on any atom is -0.466 e. The highest BCUT2D eigenvalue weighted by Gasteiger charge is 2.10. The van der Waals surface area contributed by atoms with Crippen LogP contribution in [0.15, 0.2) is 17.2 Å². The summed E-state index contributed by atoms with van der Waals surface area (Å²) in [5, 5.41) is 16.8. The van der Waals surface area contributed by atoms with Crippen molar-refractivity contribution in [3.63, 3.8) is 0 Å². The molecule has 0 saturated carbocycles. The van der Waals surface area contributed by atoms with Crippen molar-refractivity contribution < 1.29 is 9.53 Å². The van der Waals surface area contributed by atoms with Crippen molar-refractivity contribution in [3.8, 4) is 5.82 Å². The van der Waals surface area contributed by atoms with E-state index in [0.717, 1.165) is 17.0 Å². The van der Waals surface area contributed by atoms with Crippen molar-refractivity contribution in [1.29, 1.82) is 0 Å². The van der Waals surface area contributed by atoms with Gasteiger partial charge in [0.15, 0.2) is 11.6 Å². The normalized spacial score (nSPS) is 11.5. The number of ether oxygens (including phenoxy) is 1. The van der Waals surface area contributed by atoms with Crippen LogP contribution in [0.1, 0.15) is 37.2 Å². The Labute approximate surface area is 140 Å². The SMILES string of the molecule is CCOC(=O)C/C(C)=N\Nc1ccc(-n2nc(C)c(C)c2C)nn1. The van der Waals surface area contributed by atoms with Crippen LogP contribution in [0.2, 0.25) is 0 Å². The van der Waals surface area contributed by atoms with Gasteiger partial charge in [0.1, 0.15) is 0 Å². The van der Waals surface area contributed by atoms with E-state index < -0.39 is 0 Å². The fourth-order valence-corrected chi connectivity index (χ4v) is 2.05. The number of carbonyl (C=O) groups excluding carboxylic acids is 1. The standard InChI is InChI=1S/C16H22N6O2/c1-6-24-16(23)9-10(2)17-18-14-7-8-15(20-19-14)22-13(5)11(3)12(4)21-22/h7-8H,6,9H2,1-5H3,(H,18,19)/b17-10-. The Balaban J connectivity index is 2.04. The molecular weight excluding hydrogens is 308 g/mol. The lowest BCUT2D eigenvalue weighted by Crippen LogP contribution is -2.10. The van der Waals surface area contributed by atoms with Gasteiger partial charge in [-0.25, -0.2) is 4.68 Å². The molecule has 2 rings (SSSR count). The van der Waals surface area contributed by atoms with Gasteiger partial charge >= 0.3 is 5.97 Å². The zero-order chi connectivity index (χ0) is 17.7. The van der Waals surface area contributed by atoms with Crippen LogP contribution in [0.3, 0.4) is 0 Å². The Morgan fingerprint density at radius 1 is 1.29 bits per heavy atom. The summed E-state index contributed by atoms with van der Waals surface area (Å²) >= 11 is 0. The molecular formula is C16H22N6O2. The second kappa shape index (κ2) is 7.67. The zero-order valence-electron chi connectivity index (χ0n) is 14.6. The second-order valence-electron chi connectivity index (χ2n) is 5.43. The molecule has 2 aromatic heterocycles. The summed E-state index contributed by atoms with van der Waals surface area (Å²) in [7, 11) is 0. The van der Waals surface area contributed by atoms with Gasteiger partial charge in [0, 0.05) is 11.4 Å². The highest BCUT2D eigenvalue weighted by molar-refractivity contribution is 5.97. The lowest BCUT2D eigenvalue weighted by atomic mass is 10.2. The molecule has 24 heavy (non-hydrogen) atoms. The van der Waals surface area contributed by atoms with Crippen LogP contribution < -0.4 is 5.43 Å². The quantitative estimate of drug-likeness (QED) is 0.496. The molecule has 2 aromatic rings. The van der Waals surface area contributed by atoms with Crippen LogP contribution in [0, 0.1) is 20.8 Å². The second-order valence-corrected chi connectivity index (χ2v) is 5.43. The number of aryl methyl sites for hydroxylation is 1. The Hall–Kier alpha value is -2.77. The van der Waals surface area contributed by atoms with Crippen LogP contribution >= 0.6 is 0 Å². The van der Waals surface area contributed by atoms with Crippen LogP contribution in [-0.4, -0.2) is 38.3 Å². The van der Waals surface area contributed by atoms with Crippen molar-refractivity contribution >= 4 is 17.5 Å². The predicted octanol–water partition coefficient (Wildman–Crippen LogP) is 2.33. The number of anilines is 1. The molecule has 0 unspecified atom stereocenters. The van der Waals surface area contributed by atoms with E-state index in [2.05, 4.69) is 25.8 Å². The maximum Gasteiger partial charge on any atom is 0.311 e. The monoisotopic (exact) mass is 330 g/mol. The molecule has 0 spiro atoms. The molecule has 2 heterocycles. The fraction of sp³-hybridized carbons (Fsp3) is 0.438. The first-order valence-electron chi connectivity index (χ1n) is 7.74. The minimum absolute atomic E-state index is 0.136. The van der Waals surface area contributed by atoms with Gasteiger partial charge in [0.2, 0.25) is 0 Å². The molecule has 0 fully saturated rings. The number of hydrogen-bond donors (Lipinski definition) is 1.